The summed E-state index contributed by atoms with van der Waals surface area (Å²) in [4.78, 5) is 10.8. The van der Waals surface area contributed by atoms with E-state index in [1.165, 1.54) is 77.3 Å². The fourth-order valence-corrected chi connectivity index (χ4v) is 3.11. The quantitative estimate of drug-likeness (QED) is 0.693. The van der Waals surface area contributed by atoms with Crippen molar-refractivity contribution in [1.29, 1.82) is 0 Å². The highest BCUT2D eigenvalue weighted by Gasteiger charge is 2.23. The van der Waals surface area contributed by atoms with Crippen molar-refractivity contribution in [3.05, 3.63) is 0 Å². The Labute approximate surface area is 125 Å². The minimum atomic E-state index is -1.08. The topological polar surface area (TPSA) is 44.6 Å². The van der Waals surface area contributed by atoms with Gasteiger partial charge in [0, 0.05) is 5.97 Å². The van der Waals surface area contributed by atoms with Crippen LogP contribution in [0.1, 0.15) is 85.0 Å². The summed E-state index contributed by atoms with van der Waals surface area (Å²) < 4.78 is 0. The number of quaternary nitrogens is 1. The van der Waals surface area contributed by atoms with Crippen LogP contribution in [0.15, 0.2) is 0 Å². The third-order valence-electron chi connectivity index (χ3n) is 4.22. The standard InChI is InChI=1S/C15H31N.C2H4O2/c1-3-5-6-7-8-10-13-16-14-11-9-12-15(16)4-2;1-2(3)4/h15H,3-14H2,1-2H3;1H3,(H,3,4). The highest BCUT2D eigenvalue weighted by molar-refractivity contribution is 5.60. The van der Waals surface area contributed by atoms with Gasteiger partial charge in [0.2, 0.25) is 0 Å². The molecule has 0 aliphatic carbocycles. The summed E-state index contributed by atoms with van der Waals surface area (Å²) in [6, 6.07) is 0.990. The molecule has 2 atom stereocenters. The Morgan fingerprint density at radius 3 is 2.30 bits per heavy atom. The van der Waals surface area contributed by atoms with Gasteiger partial charge in [-0.05, 0) is 45.4 Å². The van der Waals surface area contributed by atoms with E-state index in [0.29, 0.717) is 0 Å². The highest BCUT2D eigenvalue weighted by Crippen LogP contribution is 2.07. The molecule has 1 saturated heterocycles. The number of nitrogens with one attached hydrogen (secondary N) is 1. The molecule has 0 radical (unpaired) electrons. The van der Waals surface area contributed by atoms with Gasteiger partial charge in [-0.3, -0.25) is 0 Å². The van der Waals surface area contributed by atoms with E-state index in [9.17, 15) is 0 Å². The number of rotatable bonds is 8. The largest absolute Gasteiger partial charge is 0.550 e. The van der Waals surface area contributed by atoms with Crippen LogP contribution < -0.4 is 10.0 Å². The lowest BCUT2D eigenvalue weighted by Crippen LogP contribution is -3.16. The summed E-state index contributed by atoms with van der Waals surface area (Å²) >= 11 is 0. The third kappa shape index (κ3) is 11.3. The van der Waals surface area contributed by atoms with Crippen LogP contribution >= 0.6 is 0 Å². The van der Waals surface area contributed by atoms with Crippen LogP contribution in [0.5, 0.6) is 0 Å². The predicted molar refractivity (Wildman–Crippen MR) is 82.7 cm³/mol. The molecular weight excluding hydrogens is 250 g/mol. The average Bonchev–Trinajstić information content (AvgIpc) is 2.42. The van der Waals surface area contributed by atoms with Crippen molar-refractivity contribution in [2.75, 3.05) is 13.1 Å². The molecule has 1 aliphatic rings. The monoisotopic (exact) mass is 285 g/mol. The van der Waals surface area contributed by atoms with Crippen molar-refractivity contribution in [3.63, 3.8) is 0 Å². The van der Waals surface area contributed by atoms with Crippen molar-refractivity contribution >= 4 is 5.97 Å². The van der Waals surface area contributed by atoms with Crippen molar-refractivity contribution in [3.8, 4) is 0 Å². The zero-order chi connectivity index (χ0) is 15.2. The van der Waals surface area contributed by atoms with Crippen molar-refractivity contribution in [2.45, 2.75) is 91.0 Å². The highest BCUT2D eigenvalue weighted by atomic mass is 16.4. The number of piperidine rings is 1. The number of aliphatic carboxylic acids is 1. The van der Waals surface area contributed by atoms with E-state index < -0.39 is 5.97 Å². The molecule has 3 nitrogen and oxygen atoms in total. The molecule has 1 rings (SSSR count). The SMILES string of the molecule is CC(=O)[O-].CCCCCCCC[NH+]1CCCCC1CC. The first kappa shape index (κ1) is 19.4. The van der Waals surface area contributed by atoms with E-state index in [1.807, 2.05) is 4.90 Å². The summed E-state index contributed by atoms with van der Waals surface area (Å²) in [6.45, 7) is 8.54. The summed E-state index contributed by atoms with van der Waals surface area (Å²) in [7, 11) is 0. The van der Waals surface area contributed by atoms with Gasteiger partial charge < -0.3 is 14.8 Å². The van der Waals surface area contributed by atoms with Crippen LogP contribution in [0.25, 0.3) is 0 Å². The minimum absolute atomic E-state index is 0.972. The number of hydrogen-bond acceptors (Lipinski definition) is 2. The summed E-state index contributed by atoms with van der Waals surface area (Å²) in [5.41, 5.74) is 0. The van der Waals surface area contributed by atoms with Gasteiger partial charge in [-0.25, -0.2) is 0 Å². The van der Waals surface area contributed by atoms with Crippen LogP contribution in [-0.4, -0.2) is 25.1 Å². The van der Waals surface area contributed by atoms with Crippen molar-refractivity contribution in [2.24, 2.45) is 0 Å². The fraction of sp³-hybridized carbons (Fsp3) is 0.941. The first-order valence-electron chi connectivity index (χ1n) is 8.63. The molecule has 1 aliphatic heterocycles. The van der Waals surface area contributed by atoms with Crippen LogP contribution in [0.4, 0.5) is 0 Å². The van der Waals surface area contributed by atoms with E-state index in [0.717, 1.165) is 13.0 Å². The molecule has 1 N–H and O–H groups in total. The maximum Gasteiger partial charge on any atom is 0.0872 e. The second kappa shape index (κ2) is 13.4. The summed E-state index contributed by atoms with van der Waals surface area (Å²) in [6.07, 6.45) is 14.5. The Bertz CT molecular complexity index is 227. The molecule has 1 fully saturated rings. The second-order valence-corrected chi connectivity index (χ2v) is 6.02. The zero-order valence-electron chi connectivity index (χ0n) is 13.9. The van der Waals surface area contributed by atoms with Crippen molar-refractivity contribution < 1.29 is 14.8 Å². The van der Waals surface area contributed by atoms with E-state index >= 15 is 0 Å². The molecule has 20 heavy (non-hydrogen) atoms. The van der Waals surface area contributed by atoms with Gasteiger partial charge in [0.15, 0.2) is 0 Å². The first-order chi connectivity index (χ1) is 9.61. The summed E-state index contributed by atoms with van der Waals surface area (Å²) in [5, 5.41) is 8.89. The lowest BCUT2D eigenvalue weighted by molar-refractivity contribution is -0.931. The Hall–Kier alpha value is -0.570. The molecule has 0 aromatic rings. The Kier molecular flexibility index (Phi) is 13.0. The lowest BCUT2D eigenvalue weighted by atomic mass is 9.99. The predicted octanol–water partition coefficient (Wildman–Crippen LogP) is 1.95. The second-order valence-electron chi connectivity index (χ2n) is 6.02. The maximum atomic E-state index is 8.89. The van der Waals surface area contributed by atoms with Crippen LogP contribution in [0.3, 0.4) is 0 Å². The van der Waals surface area contributed by atoms with Gasteiger partial charge in [-0.15, -0.1) is 0 Å². The average molecular weight is 285 g/mol. The smallest absolute Gasteiger partial charge is 0.0872 e. The third-order valence-corrected chi connectivity index (χ3v) is 4.22. The fourth-order valence-electron chi connectivity index (χ4n) is 3.11. The molecule has 0 amide bonds. The number of carbonyl (C=O) groups excluding carboxylic acids is 1. The van der Waals surface area contributed by atoms with E-state index in [-0.39, 0.29) is 0 Å². The van der Waals surface area contributed by atoms with Crippen LogP contribution in [0.2, 0.25) is 0 Å². The maximum absolute atomic E-state index is 8.89. The molecular formula is C17H35NO2. The molecule has 3 heteroatoms. The number of carboxylic acid groups (broad SMARTS) is 1. The molecule has 0 aromatic heterocycles. The Morgan fingerprint density at radius 2 is 1.70 bits per heavy atom. The molecule has 0 saturated carbocycles. The zero-order valence-corrected chi connectivity index (χ0v) is 13.9. The van der Waals surface area contributed by atoms with E-state index in [4.69, 9.17) is 9.90 Å². The van der Waals surface area contributed by atoms with Crippen LogP contribution in [-0.2, 0) is 4.79 Å². The number of carbonyl (C=O) groups is 1. The molecule has 120 valence electrons. The number of likely N-dealkylation sites (tertiary alicyclic amines) is 1. The molecule has 1 heterocycles. The molecule has 0 spiro atoms. The van der Waals surface area contributed by atoms with Gasteiger partial charge in [0.05, 0.1) is 19.1 Å². The minimum Gasteiger partial charge on any atom is -0.550 e. The van der Waals surface area contributed by atoms with Gasteiger partial charge >= 0.3 is 0 Å². The lowest BCUT2D eigenvalue weighted by Gasteiger charge is -2.32. The number of carboxylic acids is 1. The van der Waals surface area contributed by atoms with Gasteiger partial charge in [-0.2, -0.15) is 0 Å². The first-order valence-corrected chi connectivity index (χ1v) is 8.63. The Morgan fingerprint density at radius 1 is 1.10 bits per heavy atom. The van der Waals surface area contributed by atoms with Gasteiger partial charge in [-0.1, -0.05) is 39.5 Å². The van der Waals surface area contributed by atoms with Gasteiger partial charge in [0.25, 0.3) is 0 Å². The van der Waals surface area contributed by atoms with E-state index in [1.54, 1.807) is 0 Å². The number of hydrogen-bond donors (Lipinski definition) is 1. The molecule has 2 unspecified atom stereocenters. The van der Waals surface area contributed by atoms with E-state index in [2.05, 4.69) is 13.8 Å². The normalized spacial score (nSPS) is 21.9. The van der Waals surface area contributed by atoms with Crippen molar-refractivity contribution in [1.82, 2.24) is 0 Å². The molecule has 0 aromatic carbocycles. The number of unbranched alkanes of at least 4 members (excludes halogenated alkanes) is 5. The molecule has 0 bridgehead atoms. The van der Waals surface area contributed by atoms with Gasteiger partial charge in [0.1, 0.15) is 0 Å². The van der Waals surface area contributed by atoms with Crippen LogP contribution in [0, 0.1) is 0 Å². The Balaban J connectivity index is 0.000000796. The summed E-state index contributed by atoms with van der Waals surface area (Å²) in [5.74, 6) is -1.08.